The third-order valence-corrected chi connectivity index (χ3v) is 4.90. The van der Waals surface area contributed by atoms with E-state index in [4.69, 9.17) is 10.9 Å². The molecule has 0 bridgehead atoms. The van der Waals surface area contributed by atoms with Crippen LogP contribution in [-0.4, -0.2) is 34.6 Å². The molecule has 0 aromatic heterocycles. The van der Waals surface area contributed by atoms with Gasteiger partial charge in [0.1, 0.15) is 5.82 Å². The Hall–Kier alpha value is -1.43. The number of thioether (sulfide) groups is 1. The number of anilines is 1. The zero-order valence-corrected chi connectivity index (χ0v) is 12.6. The van der Waals surface area contributed by atoms with Crippen molar-refractivity contribution in [2.24, 2.45) is 10.9 Å². The van der Waals surface area contributed by atoms with Crippen LogP contribution in [0.4, 0.5) is 10.1 Å². The zero-order chi connectivity index (χ0) is 14.8. The molecule has 1 aromatic carbocycles. The van der Waals surface area contributed by atoms with Gasteiger partial charge in [-0.15, -0.1) is 0 Å². The number of benzene rings is 1. The number of oxime groups is 1. The summed E-state index contributed by atoms with van der Waals surface area (Å²) >= 11 is 1.92. The van der Waals surface area contributed by atoms with Crippen molar-refractivity contribution in [2.75, 3.05) is 23.7 Å². The maximum Gasteiger partial charge on any atom is 0.170 e. The summed E-state index contributed by atoms with van der Waals surface area (Å²) in [6, 6.07) is 4.69. The predicted octanol–water partition coefficient (Wildman–Crippen LogP) is 2.64. The van der Waals surface area contributed by atoms with Crippen LogP contribution in [0.5, 0.6) is 0 Å². The summed E-state index contributed by atoms with van der Waals surface area (Å²) in [5.41, 5.74) is 6.44. The minimum absolute atomic E-state index is 0.0806. The molecule has 0 saturated carbocycles. The van der Waals surface area contributed by atoms with Crippen molar-refractivity contribution in [2.45, 2.75) is 25.0 Å². The monoisotopic (exact) mass is 297 g/mol. The van der Waals surface area contributed by atoms with Crippen LogP contribution in [0, 0.1) is 5.82 Å². The number of hydrogen-bond donors (Lipinski definition) is 2. The number of hydrogen-bond acceptors (Lipinski definition) is 4. The van der Waals surface area contributed by atoms with E-state index in [0.29, 0.717) is 11.3 Å². The molecule has 0 radical (unpaired) electrons. The molecule has 0 spiro atoms. The fraction of sp³-hybridized carbons (Fsp3) is 0.500. The molecule has 20 heavy (non-hydrogen) atoms. The van der Waals surface area contributed by atoms with Gasteiger partial charge >= 0.3 is 0 Å². The average Bonchev–Trinajstić information content (AvgIpc) is 2.59. The first kappa shape index (κ1) is 15.0. The van der Waals surface area contributed by atoms with Crippen LogP contribution < -0.4 is 10.6 Å². The van der Waals surface area contributed by atoms with Gasteiger partial charge in [-0.05, 0) is 24.6 Å². The van der Waals surface area contributed by atoms with E-state index in [0.717, 1.165) is 25.3 Å². The second-order valence-corrected chi connectivity index (χ2v) is 7.30. The number of rotatable bonds is 2. The van der Waals surface area contributed by atoms with Gasteiger partial charge in [0.05, 0.1) is 5.69 Å². The highest BCUT2D eigenvalue weighted by molar-refractivity contribution is 8.00. The van der Waals surface area contributed by atoms with Gasteiger partial charge in [-0.3, -0.25) is 0 Å². The Morgan fingerprint density at radius 3 is 2.85 bits per heavy atom. The van der Waals surface area contributed by atoms with E-state index in [1.807, 2.05) is 11.8 Å². The molecule has 0 unspecified atom stereocenters. The van der Waals surface area contributed by atoms with Gasteiger partial charge in [-0.2, -0.15) is 11.8 Å². The molecule has 1 aromatic rings. The van der Waals surface area contributed by atoms with Gasteiger partial charge in [-0.25, -0.2) is 4.39 Å². The molecular formula is C14H20FN3OS. The highest BCUT2D eigenvalue weighted by Gasteiger charge is 2.24. The second-order valence-electron chi connectivity index (χ2n) is 5.50. The summed E-state index contributed by atoms with van der Waals surface area (Å²) in [6.45, 7) is 6.10. The summed E-state index contributed by atoms with van der Waals surface area (Å²) in [4.78, 5) is 2.06. The number of nitrogens with zero attached hydrogens (tertiary/aromatic N) is 2. The molecule has 0 aliphatic carbocycles. The first-order chi connectivity index (χ1) is 9.43. The Morgan fingerprint density at radius 1 is 1.45 bits per heavy atom. The topological polar surface area (TPSA) is 61.8 Å². The third-order valence-electron chi connectivity index (χ3n) is 3.53. The Labute approximate surface area is 122 Å². The SMILES string of the molecule is CC1(C)CCN(c2ccc(/C(N)=N/O)cc2F)CCS1. The molecular weight excluding hydrogens is 277 g/mol. The number of halogens is 1. The molecule has 110 valence electrons. The summed E-state index contributed by atoms with van der Waals surface area (Å²) < 4.78 is 14.5. The second kappa shape index (κ2) is 5.91. The molecule has 3 N–H and O–H groups in total. The maximum atomic E-state index is 14.2. The zero-order valence-electron chi connectivity index (χ0n) is 11.8. The first-order valence-electron chi connectivity index (χ1n) is 6.59. The molecule has 2 rings (SSSR count). The van der Waals surface area contributed by atoms with Crippen molar-refractivity contribution in [1.82, 2.24) is 0 Å². The van der Waals surface area contributed by atoms with Crippen LogP contribution in [0.25, 0.3) is 0 Å². The van der Waals surface area contributed by atoms with Gasteiger partial charge in [0.15, 0.2) is 5.84 Å². The Bertz CT molecular complexity index is 519. The van der Waals surface area contributed by atoms with Crippen LogP contribution >= 0.6 is 11.8 Å². The third kappa shape index (κ3) is 3.36. The Morgan fingerprint density at radius 2 is 2.20 bits per heavy atom. The molecule has 1 heterocycles. The lowest BCUT2D eigenvalue weighted by Gasteiger charge is -2.24. The minimum Gasteiger partial charge on any atom is -0.409 e. The number of amidine groups is 1. The van der Waals surface area contributed by atoms with Crippen LogP contribution in [0.1, 0.15) is 25.8 Å². The van der Waals surface area contributed by atoms with Crippen molar-refractivity contribution in [1.29, 1.82) is 0 Å². The molecule has 1 aliphatic heterocycles. The molecule has 0 atom stereocenters. The van der Waals surface area contributed by atoms with Crippen molar-refractivity contribution < 1.29 is 9.60 Å². The highest BCUT2D eigenvalue weighted by Crippen LogP contribution is 2.33. The van der Waals surface area contributed by atoms with Gasteiger partial charge in [-0.1, -0.05) is 19.0 Å². The normalized spacial score (nSPS) is 19.8. The predicted molar refractivity (Wildman–Crippen MR) is 82.3 cm³/mol. The van der Waals surface area contributed by atoms with Crippen LogP contribution in [0.2, 0.25) is 0 Å². The van der Waals surface area contributed by atoms with E-state index in [2.05, 4.69) is 23.9 Å². The quantitative estimate of drug-likeness (QED) is 0.381. The fourth-order valence-electron chi connectivity index (χ4n) is 2.24. The summed E-state index contributed by atoms with van der Waals surface area (Å²) in [5, 5.41) is 11.5. The standard InChI is InChI=1S/C14H20FN3OS/c1-14(2)5-6-18(7-8-20-14)12-4-3-10(9-11(12)15)13(16)17-19/h3-4,9,19H,5-8H2,1-2H3,(H2,16,17). The highest BCUT2D eigenvalue weighted by atomic mass is 32.2. The Kier molecular flexibility index (Phi) is 4.42. The van der Waals surface area contributed by atoms with Gasteiger partial charge in [0.25, 0.3) is 0 Å². The summed E-state index contributed by atoms with van der Waals surface area (Å²) in [6.07, 6.45) is 1.01. The summed E-state index contributed by atoms with van der Waals surface area (Å²) in [7, 11) is 0. The molecule has 1 fully saturated rings. The van der Waals surface area contributed by atoms with Crippen LogP contribution in [0.3, 0.4) is 0 Å². The fourth-order valence-corrected chi connectivity index (χ4v) is 3.34. The van der Waals surface area contributed by atoms with Crippen molar-refractivity contribution in [3.05, 3.63) is 29.6 Å². The average molecular weight is 297 g/mol. The van der Waals surface area contributed by atoms with Gasteiger partial charge < -0.3 is 15.8 Å². The van der Waals surface area contributed by atoms with E-state index in [1.54, 1.807) is 12.1 Å². The minimum atomic E-state index is -0.334. The van der Waals surface area contributed by atoms with Crippen molar-refractivity contribution >= 4 is 23.3 Å². The first-order valence-corrected chi connectivity index (χ1v) is 7.58. The summed E-state index contributed by atoms with van der Waals surface area (Å²) in [5.74, 6) is 0.566. The van der Waals surface area contributed by atoms with Gasteiger partial charge in [0.2, 0.25) is 0 Å². The van der Waals surface area contributed by atoms with Gasteiger partial charge in [0, 0.05) is 29.2 Å². The maximum absolute atomic E-state index is 14.2. The largest absolute Gasteiger partial charge is 0.409 e. The molecule has 4 nitrogen and oxygen atoms in total. The van der Waals surface area contributed by atoms with Crippen molar-refractivity contribution in [3.8, 4) is 0 Å². The van der Waals surface area contributed by atoms with Crippen LogP contribution in [0.15, 0.2) is 23.4 Å². The van der Waals surface area contributed by atoms with E-state index < -0.39 is 0 Å². The van der Waals surface area contributed by atoms with E-state index >= 15 is 0 Å². The molecule has 0 amide bonds. The molecule has 1 saturated heterocycles. The lowest BCUT2D eigenvalue weighted by atomic mass is 10.1. The lowest BCUT2D eigenvalue weighted by molar-refractivity contribution is 0.318. The van der Waals surface area contributed by atoms with E-state index in [1.165, 1.54) is 6.07 Å². The smallest absolute Gasteiger partial charge is 0.170 e. The van der Waals surface area contributed by atoms with E-state index in [-0.39, 0.29) is 16.4 Å². The van der Waals surface area contributed by atoms with E-state index in [9.17, 15) is 4.39 Å². The van der Waals surface area contributed by atoms with Crippen molar-refractivity contribution in [3.63, 3.8) is 0 Å². The Balaban J connectivity index is 2.21. The number of nitrogens with two attached hydrogens (primary N) is 1. The lowest BCUT2D eigenvalue weighted by Crippen LogP contribution is -2.28. The van der Waals surface area contributed by atoms with Crippen LogP contribution in [-0.2, 0) is 0 Å². The molecule has 1 aliphatic rings. The molecule has 6 heteroatoms.